The molecule has 1 heterocycles. The van der Waals surface area contributed by atoms with E-state index in [2.05, 4.69) is 21.0 Å². The minimum Gasteiger partial charge on any atom is -0.381 e. The minimum atomic E-state index is 0.504. The van der Waals surface area contributed by atoms with Crippen LogP contribution < -0.4 is 5.73 Å². The maximum atomic E-state index is 5.60. The van der Waals surface area contributed by atoms with Gasteiger partial charge >= 0.3 is 0 Å². The zero-order valence-electron chi connectivity index (χ0n) is 6.81. The van der Waals surface area contributed by atoms with Crippen molar-refractivity contribution >= 4 is 21.7 Å². The van der Waals surface area contributed by atoms with Crippen molar-refractivity contribution < 1.29 is 0 Å². The molecule has 0 aliphatic heterocycles. The molecule has 13 heavy (non-hydrogen) atoms. The Labute approximate surface area is 84.3 Å². The van der Waals surface area contributed by atoms with Crippen molar-refractivity contribution in [2.24, 2.45) is 0 Å². The monoisotopic (exact) mass is 237 g/mol. The van der Waals surface area contributed by atoms with E-state index in [9.17, 15) is 0 Å². The first kappa shape index (κ1) is 8.31. The van der Waals surface area contributed by atoms with Crippen molar-refractivity contribution in [2.75, 3.05) is 5.73 Å². The van der Waals surface area contributed by atoms with Crippen LogP contribution in [0.2, 0.25) is 0 Å². The first-order valence-electron chi connectivity index (χ1n) is 3.83. The highest BCUT2D eigenvalue weighted by atomic mass is 79.9. The van der Waals surface area contributed by atoms with E-state index in [4.69, 9.17) is 5.73 Å². The van der Waals surface area contributed by atoms with E-state index in [1.54, 1.807) is 4.68 Å². The third kappa shape index (κ3) is 1.58. The van der Waals surface area contributed by atoms with Crippen molar-refractivity contribution in [2.45, 2.75) is 0 Å². The summed E-state index contributed by atoms with van der Waals surface area (Å²) in [6.45, 7) is 0. The molecule has 0 amide bonds. The van der Waals surface area contributed by atoms with Gasteiger partial charge in [0.25, 0.3) is 0 Å². The third-order valence-electron chi connectivity index (χ3n) is 1.72. The van der Waals surface area contributed by atoms with Gasteiger partial charge in [0.1, 0.15) is 0 Å². The highest BCUT2D eigenvalue weighted by molar-refractivity contribution is 9.10. The average Bonchev–Trinajstić information content (AvgIpc) is 2.49. The van der Waals surface area contributed by atoms with Crippen molar-refractivity contribution in [1.29, 1.82) is 0 Å². The summed E-state index contributed by atoms with van der Waals surface area (Å²) >= 11 is 3.30. The quantitative estimate of drug-likeness (QED) is 0.827. The van der Waals surface area contributed by atoms with Crippen LogP contribution in [-0.2, 0) is 0 Å². The number of rotatable bonds is 1. The summed E-state index contributed by atoms with van der Waals surface area (Å²) in [6, 6.07) is 9.82. The van der Waals surface area contributed by atoms with E-state index in [1.807, 2.05) is 36.5 Å². The Morgan fingerprint density at radius 2 is 1.92 bits per heavy atom. The zero-order chi connectivity index (χ0) is 9.26. The van der Waals surface area contributed by atoms with Gasteiger partial charge in [-0.25, -0.2) is 4.68 Å². The lowest BCUT2D eigenvalue weighted by molar-refractivity contribution is 0.886. The molecule has 2 N–H and O–H groups in total. The van der Waals surface area contributed by atoms with Crippen LogP contribution >= 0.6 is 15.9 Å². The van der Waals surface area contributed by atoms with E-state index in [1.165, 1.54) is 0 Å². The molecule has 0 bridgehead atoms. The second kappa shape index (κ2) is 3.22. The number of hydrogen-bond acceptors (Lipinski definition) is 2. The van der Waals surface area contributed by atoms with Gasteiger partial charge in [-0.2, -0.15) is 0 Å². The molecule has 0 atom stereocenters. The van der Waals surface area contributed by atoms with Gasteiger partial charge in [-0.15, -0.1) is 5.10 Å². The SMILES string of the molecule is Nc1nn(-c2ccccc2)cc1Br. The Kier molecular flexibility index (Phi) is 2.06. The molecule has 0 aliphatic rings. The zero-order valence-corrected chi connectivity index (χ0v) is 8.40. The first-order valence-corrected chi connectivity index (χ1v) is 4.63. The van der Waals surface area contributed by atoms with Crippen molar-refractivity contribution in [3.05, 3.63) is 41.0 Å². The Balaban J connectivity index is 2.48. The van der Waals surface area contributed by atoms with Crippen LogP contribution in [0.5, 0.6) is 0 Å². The molecule has 2 aromatic rings. The van der Waals surface area contributed by atoms with E-state index >= 15 is 0 Å². The molecular formula is C9H8BrN3. The molecule has 0 fully saturated rings. The molecule has 66 valence electrons. The van der Waals surface area contributed by atoms with Gasteiger partial charge in [0, 0.05) is 6.20 Å². The van der Waals surface area contributed by atoms with Gasteiger partial charge in [0.2, 0.25) is 0 Å². The van der Waals surface area contributed by atoms with Gasteiger partial charge < -0.3 is 5.73 Å². The average molecular weight is 238 g/mol. The Morgan fingerprint density at radius 3 is 2.46 bits per heavy atom. The maximum Gasteiger partial charge on any atom is 0.160 e. The molecule has 1 aromatic heterocycles. The van der Waals surface area contributed by atoms with Gasteiger partial charge in [-0.05, 0) is 28.1 Å². The van der Waals surface area contributed by atoms with Crippen LogP contribution in [0.15, 0.2) is 41.0 Å². The number of nitrogen functional groups attached to an aromatic ring is 1. The summed E-state index contributed by atoms with van der Waals surface area (Å²) in [6.07, 6.45) is 1.84. The summed E-state index contributed by atoms with van der Waals surface area (Å²) in [5.74, 6) is 0.504. The van der Waals surface area contributed by atoms with Crippen LogP contribution in [0, 0.1) is 0 Å². The Morgan fingerprint density at radius 1 is 1.23 bits per heavy atom. The summed E-state index contributed by atoms with van der Waals surface area (Å²) in [7, 11) is 0. The second-order valence-electron chi connectivity index (χ2n) is 2.64. The van der Waals surface area contributed by atoms with Crippen LogP contribution in [0.3, 0.4) is 0 Å². The topological polar surface area (TPSA) is 43.8 Å². The Hall–Kier alpha value is -1.29. The summed E-state index contributed by atoms with van der Waals surface area (Å²) in [5.41, 5.74) is 6.60. The van der Waals surface area contributed by atoms with Gasteiger partial charge in [-0.3, -0.25) is 0 Å². The summed E-state index contributed by atoms with van der Waals surface area (Å²) in [5, 5.41) is 4.13. The van der Waals surface area contributed by atoms with E-state index in [0.29, 0.717) is 5.82 Å². The highest BCUT2D eigenvalue weighted by Crippen LogP contribution is 2.18. The standard InChI is InChI=1S/C9H8BrN3/c10-8-6-13(12-9(8)11)7-4-2-1-3-5-7/h1-6H,(H2,11,12). The number of aromatic nitrogens is 2. The molecule has 3 nitrogen and oxygen atoms in total. The number of anilines is 1. The molecule has 1 aromatic carbocycles. The molecular weight excluding hydrogens is 230 g/mol. The van der Waals surface area contributed by atoms with E-state index < -0.39 is 0 Å². The highest BCUT2D eigenvalue weighted by Gasteiger charge is 2.02. The fourth-order valence-electron chi connectivity index (χ4n) is 1.08. The van der Waals surface area contributed by atoms with Crippen molar-refractivity contribution in [1.82, 2.24) is 9.78 Å². The summed E-state index contributed by atoms with van der Waals surface area (Å²) < 4.78 is 2.55. The molecule has 0 saturated heterocycles. The lowest BCUT2D eigenvalue weighted by Gasteiger charge is -1.98. The van der Waals surface area contributed by atoms with Crippen LogP contribution in [-0.4, -0.2) is 9.78 Å². The molecule has 0 unspecified atom stereocenters. The third-order valence-corrected chi connectivity index (χ3v) is 2.33. The van der Waals surface area contributed by atoms with Crippen molar-refractivity contribution in [3.8, 4) is 5.69 Å². The van der Waals surface area contributed by atoms with E-state index in [-0.39, 0.29) is 0 Å². The van der Waals surface area contributed by atoms with E-state index in [0.717, 1.165) is 10.2 Å². The predicted molar refractivity (Wildman–Crippen MR) is 55.7 cm³/mol. The van der Waals surface area contributed by atoms with Gasteiger partial charge in [0.05, 0.1) is 10.2 Å². The minimum absolute atomic E-state index is 0.504. The number of para-hydroxylation sites is 1. The number of nitrogens with two attached hydrogens (primary N) is 1. The normalized spacial score (nSPS) is 10.2. The lowest BCUT2D eigenvalue weighted by Crippen LogP contribution is -1.95. The number of nitrogens with zero attached hydrogens (tertiary/aromatic N) is 2. The lowest BCUT2D eigenvalue weighted by atomic mass is 10.3. The molecule has 0 radical (unpaired) electrons. The molecule has 0 aliphatic carbocycles. The first-order chi connectivity index (χ1) is 6.27. The van der Waals surface area contributed by atoms with Crippen LogP contribution in [0.25, 0.3) is 5.69 Å². The fourth-order valence-corrected chi connectivity index (χ4v) is 1.35. The van der Waals surface area contributed by atoms with Gasteiger partial charge in [-0.1, -0.05) is 18.2 Å². The number of halogens is 1. The van der Waals surface area contributed by atoms with Crippen LogP contribution in [0.4, 0.5) is 5.82 Å². The van der Waals surface area contributed by atoms with Gasteiger partial charge in [0.15, 0.2) is 5.82 Å². The fraction of sp³-hybridized carbons (Fsp3) is 0. The second-order valence-corrected chi connectivity index (χ2v) is 3.50. The Bertz CT molecular complexity index is 389. The molecule has 0 spiro atoms. The molecule has 2 rings (SSSR count). The smallest absolute Gasteiger partial charge is 0.160 e. The summed E-state index contributed by atoms with van der Waals surface area (Å²) in [4.78, 5) is 0. The van der Waals surface area contributed by atoms with Crippen LogP contribution in [0.1, 0.15) is 0 Å². The van der Waals surface area contributed by atoms with Crippen molar-refractivity contribution in [3.63, 3.8) is 0 Å². The predicted octanol–water partition coefficient (Wildman–Crippen LogP) is 2.22. The largest absolute Gasteiger partial charge is 0.381 e. The maximum absolute atomic E-state index is 5.60. The number of hydrogen-bond donors (Lipinski definition) is 1. The number of benzene rings is 1. The molecule has 4 heteroatoms. The molecule has 0 saturated carbocycles.